The van der Waals surface area contributed by atoms with Crippen LogP contribution in [0.5, 0.6) is 0 Å². The first-order valence-corrected chi connectivity index (χ1v) is 11.6. The molecule has 32 heavy (non-hydrogen) atoms. The zero-order valence-electron chi connectivity index (χ0n) is 18.8. The summed E-state index contributed by atoms with van der Waals surface area (Å²) in [5.41, 5.74) is 3.04. The standard InChI is InChI=1S/C27H29Cl2NO2/c1-5-14-27(4)17-24(20-8-7-9-22(29)16-20)25(19-10-12-21(28)13-11-19)30(26(27)32)23(6-2)15-18(3)31/h5,7-13,16,23H,1,6,14-15,17H2,2-4H3/t23?,27-/m0/s1. The molecule has 1 amide bonds. The van der Waals surface area contributed by atoms with Crippen molar-refractivity contribution in [2.24, 2.45) is 5.41 Å². The summed E-state index contributed by atoms with van der Waals surface area (Å²) >= 11 is 12.5. The topological polar surface area (TPSA) is 37.4 Å². The summed E-state index contributed by atoms with van der Waals surface area (Å²) in [4.78, 5) is 28.0. The normalized spacial score (nSPS) is 19.8. The number of ketones is 1. The van der Waals surface area contributed by atoms with Crippen molar-refractivity contribution in [3.8, 4) is 0 Å². The quantitative estimate of drug-likeness (QED) is 0.376. The fraction of sp³-hybridized carbons (Fsp3) is 0.333. The van der Waals surface area contributed by atoms with Crippen LogP contribution in [0.2, 0.25) is 10.0 Å². The average molecular weight is 470 g/mol. The molecule has 3 rings (SSSR count). The number of benzene rings is 2. The maximum absolute atomic E-state index is 14.0. The third-order valence-corrected chi connectivity index (χ3v) is 6.56. The fourth-order valence-electron chi connectivity index (χ4n) is 4.50. The van der Waals surface area contributed by atoms with E-state index in [-0.39, 0.29) is 17.7 Å². The lowest BCUT2D eigenvalue weighted by atomic mass is 9.72. The SMILES string of the molecule is C=CC[C@@]1(C)CC(c2cccc(Cl)c2)=C(c2ccc(Cl)cc2)N(C(CC)CC(C)=O)C1=O. The second-order valence-corrected chi connectivity index (χ2v) is 9.59. The Morgan fingerprint density at radius 3 is 2.41 bits per heavy atom. The van der Waals surface area contributed by atoms with Crippen LogP contribution in [0.25, 0.3) is 11.3 Å². The van der Waals surface area contributed by atoms with Crippen LogP contribution >= 0.6 is 23.2 Å². The lowest BCUT2D eigenvalue weighted by Gasteiger charge is -2.45. The van der Waals surface area contributed by atoms with Gasteiger partial charge in [-0.1, -0.05) is 67.4 Å². The van der Waals surface area contributed by atoms with Crippen LogP contribution < -0.4 is 0 Å². The highest BCUT2D eigenvalue weighted by atomic mass is 35.5. The Morgan fingerprint density at radius 1 is 1.16 bits per heavy atom. The van der Waals surface area contributed by atoms with E-state index < -0.39 is 5.41 Å². The van der Waals surface area contributed by atoms with Gasteiger partial charge >= 0.3 is 0 Å². The zero-order valence-corrected chi connectivity index (χ0v) is 20.3. The van der Waals surface area contributed by atoms with E-state index in [1.165, 1.54) is 0 Å². The minimum Gasteiger partial charge on any atom is -0.308 e. The van der Waals surface area contributed by atoms with Crippen molar-refractivity contribution >= 4 is 46.2 Å². The maximum atomic E-state index is 14.0. The van der Waals surface area contributed by atoms with Crippen molar-refractivity contribution in [1.82, 2.24) is 4.90 Å². The van der Waals surface area contributed by atoms with E-state index in [9.17, 15) is 9.59 Å². The average Bonchev–Trinajstić information content (AvgIpc) is 2.75. The molecule has 0 saturated carbocycles. The van der Waals surface area contributed by atoms with Gasteiger partial charge in [0.15, 0.2) is 0 Å². The Hall–Kier alpha value is -2.36. The van der Waals surface area contributed by atoms with Crippen molar-refractivity contribution in [1.29, 1.82) is 0 Å². The Balaban J connectivity index is 2.35. The summed E-state index contributed by atoms with van der Waals surface area (Å²) in [6.07, 6.45) is 3.84. The molecule has 0 aliphatic carbocycles. The maximum Gasteiger partial charge on any atom is 0.233 e. The number of carbonyl (C=O) groups excluding carboxylic acids is 2. The number of nitrogens with zero attached hydrogens (tertiary/aromatic N) is 1. The number of hydrogen-bond donors (Lipinski definition) is 0. The van der Waals surface area contributed by atoms with Crippen molar-refractivity contribution < 1.29 is 9.59 Å². The molecule has 0 aromatic heterocycles. The largest absolute Gasteiger partial charge is 0.308 e. The highest BCUT2D eigenvalue weighted by Gasteiger charge is 2.45. The molecule has 1 unspecified atom stereocenters. The van der Waals surface area contributed by atoms with Gasteiger partial charge in [0, 0.05) is 22.5 Å². The summed E-state index contributed by atoms with van der Waals surface area (Å²) < 4.78 is 0. The zero-order chi connectivity index (χ0) is 23.5. The van der Waals surface area contributed by atoms with Gasteiger partial charge in [0.25, 0.3) is 0 Å². The summed E-state index contributed by atoms with van der Waals surface area (Å²) in [5.74, 6) is 0.0710. The van der Waals surface area contributed by atoms with Crippen molar-refractivity contribution in [2.45, 2.75) is 52.5 Å². The lowest BCUT2D eigenvalue weighted by Crippen LogP contribution is -2.50. The molecule has 1 aliphatic heterocycles. The summed E-state index contributed by atoms with van der Waals surface area (Å²) in [5, 5.41) is 1.26. The molecule has 1 heterocycles. The number of rotatable bonds is 8. The number of amides is 1. The van der Waals surface area contributed by atoms with E-state index in [0.717, 1.165) is 22.4 Å². The highest BCUT2D eigenvalue weighted by Crippen LogP contribution is 2.48. The van der Waals surface area contributed by atoms with Gasteiger partial charge in [-0.3, -0.25) is 9.59 Å². The predicted molar refractivity (Wildman–Crippen MR) is 133 cm³/mol. The van der Waals surface area contributed by atoms with Crippen molar-refractivity contribution in [3.05, 3.63) is 82.4 Å². The van der Waals surface area contributed by atoms with Gasteiger partial charge in [0.1, 0.15) is 5.78 Å². The van der Waals surface area contributed by atoms with E-state index in [4.69, 9.17) is 23.2 Å². The molecule has 1 aliphatic rings. The molecular formula is C27H29Cl2NO2. The number of Topliss-reactive ketones (excluding diaryl/α,β-unsaturated/α-hetero) is 1. The Morgan fingerprint density at radius 2 is 1.84 bits per heavy atom. The summed E-state index contributed by atoms with van der Waals surface area (Å²) in [6.45, 7) is 9.46. The molecule has 0 radical (unpaired) electrons. The first kappa shape index (κ1) is 24.3. The van der Waals surface area contributed by atoms with Gasteiger partial charge < -0.3 is 4.90 Å². The smallest absolute Gasteiger partial charge is 0.233 e. The molecule has 168 valence electrons. The third kappa shape index (κ3) is 5.00. The van der Waals surface area contributed by atoms with E-state index in [1.54, 1.807) is 13.0 Å². The number of allylic oxidation sites excluding steroid dienone is 2. The fourth-order valence-corrected chi connectivity index (χ4v) is 4.82. The van der Waals surface area contributed by atoms with Gasteiger partial charge in [-0.05, 0) is 67.2 Å². The molecule has 0 bridgehead atoms. The first-order chi connectivity index (χ1) is 15.2. The Labute approximate surface area is 200 Å². The van der Waals surface area contributed by atoms with Crippen LogP contribution in [0.3, 0.4) is 0 Å². The van der Waals surface area contributed by atoms with E-state index in [2.05, 4.69) is 6.58 Å². The number of hydrogen-bond acceptors (Lipinski definition) is 2. The number of carbonyl (C=O) groups is 2. The molecule has 0 spiro atoms. The monoisotopic (exact) mass is 469 g/mol. The van der Waals surface area contributed by atoms with Crippen LogP contribution in [0.4, 0.5) is 0 Å². The molecular weight excluding hydrogens is 441 g/mol. The van der Waals surface area contributed by atoms with E-state index in [0.29, 0.717) is 35.7 Å². The number of halogens is 2. The second kappa shape index (κ2) is 10.1. The van der Waals surface area contributed by atoms with Gasteiger partial charge in [0.05, 0.1) is 11.1 Å². The Bertz CT molecular complexity index is 1060. The van der Waals surface area contributed by atoms with Gasteiger partial charge in [-0.2, -0.15) is 0 Å². The molecule has 3 nitrogen and oxygen atoms in total. The molecule has 0 saturated heterocycles. The summed E-state index contributed by atoms with van der Waals surface area (Å²) in [7, 11) is 0. The Kier molecular flexibility index (Phi) is 7.63. The molecule has 2 aromatic carbocycles. The van der Waals surface area contributed by atoms with Crippen LogP contribution in [0.15, 0.2) is 61.2 Å². The first-order valence-electron chi connectivity index (χ1n) is 10.9. The molecule has 0 N–H and O–H groups in total. The summed E-state index contributed by atoms with van der Waals surface area (Å²) in [6, 6.07) is 15.0. The molecule has 2 aromatic rings. The van der Waals surface area contributed by atoms with Crippen LogP contribution in [-0.4, -0.2) is 22.6 Å². The lowest BCUT2D eigenvalue weighted by molar-refractivity contribution is -0.140. The van der Waals surface area contributed by atoms with Crippen LogP contribution in [0, 0.1) is 5.41 Å². The minimum atomic E-state index is -0.667. The van der Waals surface area contributed by atoms with E-state index in [1.807, 2.05) is 67.3 Å². The molecule has 2 atom stereocenters. The van der Waals surface area contributed by atoms with E-state index >= 15 is 0 Å². The third-order valence-electron chi connectivity index (χ3n) is 6.07. The van der Waals surface area contributed by atoms with Gasteiger partial charge in [-0.15, -0.1) is 6.58 Å². The highest BCUT2D eigenvalue weighted by molar-refractivity contribution is 6.31. The van der Waals surface area contributed by atoms with Crippen molar-refractivity contribution in [3.63, 3.8) is 0 Å². The van der Waals surface area contributed by atoms with Gasteiger partial charge in [-0.25, -0.2) is 0 Å². The minimum absolute atomic E-state index is 0.0150. The predicted octanol–water partition coefficient (Wildman–Crippen LogP) is 7.43. The van der Waals surface area contributed by atoms with Gasteiger partial charge in [0.2, 0.25) is 5.91 Å². The van der Waals surface area contributed by atoms with Crippen LogP contribution in [0.1, 0.15) is 57.6 Å². The molecule has 0 fully saturated rings. The van der Waals surface area contributed by atoms with Crippen molar-refractivity contribution in [2.75, 3.05) is 0 Å². The van der Waals surface area contributed by atoms with Crippen LogP contribution in [-0.2, 0) is 9.59 Å². The second-order valence-electron chi connectivity index (χ2n) is 8.72. The molecule has 5 heteroatoms.